The molecule has 0 spiro atoms. The van der Waals surface area contributed by atoms with E-state index in [1.54, 1.807) is 6.07 Å². The maximum absolute atomic E-state index is 12.5. The average molecular weight is 337 g/mol. The van der Waals surface area contributed by atoms with Gasteiger partial charge in [0.15, 0.2) is 0 Å². The second kappa shape index (κ2) is 6.31. The van der Waals surface area contributed by atoms with E-state index >= 15 is 0 Å². The Bertz CT molecular complexity index is 850. The molecule has 0 saturated carbocycles. The van der Waals surface area contributed by atoms with E-state index in [9.17, 15) is 14.7 Å². The first-order valence-corrected chi connectivity index (χ1v) is 8.33. The standard InChI is InChI=1S/C19H19N3O3/c23-17-10-20-9-16(17)22-19(25)13-3-1-2-11(6-13)12-4-5-15-14(7-12)8-18(24)21-15/h1-7,16-17,20,23H,8-10H2,(H,21,24)(H,22,25)/t16-,17-/m1/s1. The quantitative estimate of drug-likeness (QED) is 0.670. The fourth-order valence-corrected chi connectivity index (χ4v) is 3.31. The van der Waals surface area contributed by atoms with E-state index < -0.39 is 6.10 Å². The van der Waals surface area contributed by atoms with E-state index in [-0.39, 0.29) is 17.9 Å². The fraction of sp³-hybridized carbons (Fsp3) is 0.263. The van der Waals surface area contributed by atoms with E-state index in [4.69, 9.17) is 0 Å². The van der Waals surface area contributed by atoms with Gasteiger partial charge in [0.2, 0.25) is 5.91 Å². The Labute approximate surface area is 145 Å². The molecule has 2 aromatic carbocycles. The number of carbonyl (C=O) groups excluding carboxylic acids is 2. The number of anilines is 1. The van der Waals surface area contributed by atoms with E-state index in [1.807, 2.05) is 36.4 Å². The number of carbonyl (C=O) groups is 2. The van der Waals surface area contributed by atoms with E-state index in [1.165, 1.54) is 0 Å². The maximum Gasteiger partial charge on any atom is 0.251 e. The highest BCUT2D eigenvalue weighted by molar-refractivity contribution is 6.00. The highest BCUT2D eigenvalue weighted by Gasteiger charge is 2.26. The molecule has 2 aliphatic rings. The van der Waals surface area contributed by atoms with Crippen LogP contribution < -0.4 is 16.0 Å². The molecule has 6 nitrogen and oxygen atoms in total. The zero-order chi connectivity index (χ0) is 17.4. The van der Waals surface area contributed by atoms with Crippen LogP contribution in [0.5, 0.6) is 0 Å². The molecule has 0 bridgehead atoms. The third-order valence-corrected chi connectivity index (χ3v) is 4.69. The Morgan fingerprint density at radius 3 is 2.76 bits per heavy atom. The van der Waals surface area contributed by atoms with Gasteiger partial charge in [-0.25, -0.2) is 0 Å². The molecule has 25 heavy (non-hydrogen) atoms. The summed E-state index contributed by atoms with van der Waals surface area (Å²) in [4.78, 5) is 23.9. The van der Waals surface area contributed by atoms with Gasteiger partial charge in [0.1, 0.15) is 0 Å². The summed E-state index contributed by atoms with van der Waals surface area (Å²) in [7, 11) is 0. The lowest BCUT2D eigenvalue weighted by molar-refractivity contribution is -0.115. The Morgan fingerprint density at radius 2 is 1.96 bits per heavy atom. The first-order valence-electron chi connectivity index (χ1n) is 8.33. The Hall–Kier alpha value is -2.70. The molecule has 0 aromatic heterocycles. The molecule has 2 heterocycles. The monoisotopic (exact) mass is 337 g/mol. The maximum atomic E-state index is 12.5. The summed E-state index contributed by atoms with van der Waals surface area (Å²) in [5, 5.41) is 18.5. The third kappa shape index (κ3) is 3.14. The number of fused-ring (bicyclic) bond motifs is 1. The van der Waals surface area contributed by atoms with Crippen molar-refractivity contribution in [1.82, 2.24) is 10.6 Å². The molecule has 2 atom stereocenters. The van der Waals surface area contributed by atoms with E-state index in [2.05, 4.69) is 16.0 Å². The molecule has 2 amide bonds. The second-order valence-corrected chi connectivity index (χ2v) is 6.48. The molecule has 0 radical (unpaired) electrons. The molecule has 128 valence electrons. The number of hydrogen-bond donors (Lipinski definition) is 4. The SMILES string of the molecule is O=C1Cc2cc(-c3cccc(C(=O)N[C@@H]4CNC[C@H]4O)c3)ccc2N1. The molecule has 2 aliphatic heterocycles. The van der Waals surface area contributed by atoms with Gasteiger partial charge >= 0.3 is 0 Å². The van der Waals surface area contributed by atoms with Crippen molar-refractivity contribution in [2.45, 2.75) is 18.6 Å². The highest BCUT2D eigenvalue weighted by atomic mass is 16.3. The largest absolute Gasteiger partial charge is 0.390 e. The van der Waals surface area contributed by atoms with Crippen molar-refractivity contribution in [2.24, 2.45) is 0 Å². The minimum absolute atomic E-state index is 0.00371. The molecule has 0 unspecified atom stereocenters. The summed E-state index contributed by atoms with van der Waals surface area (Å²) in [6.45, 7) is 1.06. The van der Waals surface area contributed by atoms with Gasteiger partial charge in [-0.2, -0.15) is 0 Å². The molecule has 1 fully saturated rings. The predicted octanol–water partition coefficient (Wildman–Crippen LogP) is 0.911. The summed E-state index contributed by atoms with van der Waals surface area (Å²) in [6.07, 6.45) is -0.176. The van der Waals surface area contributed by atoms with Gasteiger partial charge in [-0.05, 0) is 41.0 Å². The van der Waals surface area contributed by atoms with Crippen molar-refractivity contribution in [3.63, 3.8) is 0 Å². The second-order valence-electron chi connectivity index (χ2n) is 6.48. The minimum atomic E-state index is -0.561. The van der Waals surface area contributed by atoms with E-state index in [0.29, 0.717) is 25.1 Å². The topological polar surface area (TPSA) is 90.5 Å². The first-order chi connectivity index (χ1) is 12.1. The summed E-state index contributed by atoms with van der Waals surface area (Å²) in [5.74, 6) is -0.198. The minimum Gasteiger partial charge on any atom is -0.390 e. The van der Waals surface area contributed by atoms with Crippen molar-refractivity contribution >= 4 is 17.5 Å². The highest BCUT2D eigenvalue weighted by Crippen LogP contribution is 2.29. The Balaban J connectivity index is 1.56. The molecular weight excluding hydrogens is 318 g/mol. The summed E-state index contributed by atoms with van der Waals surface area (Å²) < 4.78 is 0. The number of nitrogens with one attached hydrogen (secondary N) is 3. The Kier molecular flexibility index (Phi) is 3.99. The number of aliphatic hydroxyl groups excluding tert-OH is 1. The zero-order valence-electron chi connectivity index (χ0n) is 13.6. The fourth-order valence-electron chi connectivity index (χ4n) is 3.31. The van der Waals surface area contributed by atoms with Gasteiger partial charge in [0.25, 0.3) is 5.91 Å². The third-order valence-electron chi connectivity index (χ3n) is 4.69. The summed E-state index contributed by atoms with van der Waals surface area (Å²) in [6, 6.07) is 12.9. The Morgan fingerprint density at radius 1 is 1.12 bits per heavy atom. The summed E-state index contributed by atoms with van der Waals surface area (Å²) in [5.41, 5.74) is 4.25. The normalized spacial score (nSPS) is 21.7. The van der Waals surface area contributed by atoms with Crippen LogP contribution >= 0.6 is 0 Å². The van der Waals surface area contributed by atoms with Crippen LogP contribution in [0.3, 0.4) is 0 Å². The van der Waals surface area contributed by atoms with Gasteiger partial charge in [-0.3, -0.25) is 9.59 Å². The molecule has 0 aliphatic carbocycles. The summed E-state index contributed by atoms with van der Waals surface area (Å²) >= 11 is 0. The predicted molar refractivity (Wildman–Crippen MR) is 94.3 cm³/mol. The lowest BCUT2D eigenvalue weighted by atomic mass is 9.99. The molecular formula is C19H19N3O3. The molecule has 2 aromatic rings. The van der Waals surface area contributed by atoms with Gasteiger partial charge in [0.05, 0.1) is 18.6 Å². The van der Waals surface area contributed by atoms with Gasteiger partial charge in [-0.1, -0.05) is 18.2 Å². The number of aliphatic hydroxyl groups is 1. The van der Waals surface area contributed by atoms with Crippen LogP contribution in [0, 0.1) is 0 Å². The number of hydrogen-bond acceptors (Lipinski definition) is 4. The molecule has 4 rings (SSSR count). The van der Waals surface area contributed by atoms with Crippen molar-refractivity contribution in [2.75, 3.05) is 18.4 Å². The van der Waals surface area contributed by atoms with Crippen LogP contribution in [0.2, 0.25) is 0 Å². The van der Waals surface area contributed by atoms with Crippen LogP contribution in [0.25, 0.3) is 11.1 Å². The van der Waals surface area contributed by atoms with Gasteiger partial charge < -0.3 is 21.1 Å². The molecule has 1 saturated heterocycles. The van der Waals surface area contributed by atoms with Crippen LogP contribution in [-0.2, 0) is 11.2 Å². The smallest absolute Gasteiger partial charge is 0.251 e. The number of amides is 2. The molecule has 6 heteroatoms. The van der Waals surface area contributed by atoms with Crippen molar-refractivity contribution in [1.29, 1.82) is 0 Å². The van der Waals surface area contributed by atoms with E-state index in [0.717, 1.165) is 22.4 Å². The van der Waals surface area contributed by atoms with Crippen LogP contribution in [0.1, 0.15) is 15.9 Å². The number of rotatable bonds is 3. The van der Waals surface area contributed by atoms with Crippen molar-refractivity contribution < 1.29 is 14.7 Å². The lowest BCUT2D eigenvalue weighted by Crippen LogP contribution is -2.42. The van der Waals surface area contributed by atoms with Crippen LogP contribution in [0.4, 0.5) is 5.69 Å². The number of β-amino-alcohol motifs (C(OH)–C–C–N with tert-alkyl or cyclic N) is 1. The number of benzene rings is 2. The lowest BCUT2D eigenvalue weighted by Gasteiger charge is -2.15. The van der Waals surface area contributed by atoms with Crippen LogP contribution in [-0.4, -0.2) is 42.2 Å². The van der Waals surface area contributed by atoms with Gasteiger partial charge in [-0.15, -0.1) is 0 Å². The zero-order valence-corrected chi connectivity index (χ0v) is 13.6. The molecule has 4 N–H and O–H groups in total. The van der Waals surface area contributed by atoms with Gasteiger partial charge in [0, 0.05) is 24.3 Å². The van der Waals surface area contributed by atoms with Crippen LogP contribution in [0.15, 0.2) is 42.5 Å². The first kappa shape index (κ1) is 15.8. The van der Waals surface area contributed by atoms with Crippen molar-refractivity contribution in [3.8, 4) is 11.1 Å². The average Bonchev–Trinajstić information content (AvgIpc) is 3.18. The van der Waals surface area contributed by atoms with Crippen molar-refractivity contribution in [3.05, 3.63) is 53.6 Å².